The Morgan fingerprint density at radius 2 is 1.05 bits per heavy atom. The smallest absolute Gasteiger partial charge is 0.328 e. The van der Waals surface area contributed by atoms with E-state index in [1.54, 1.807) is 0 Å². The molecular formula is C38H61O3P. The maximum atomic E-state index is 10.8. The third kappa shape index (κ3) is 7.17. The molecule has 0 fully saturated rings. The molecule has 0 radical (unpaired) electrons. The van der Waals surface area contributed by atoms with Crippen LogP contribution in [0, 0.1) is 0 Å². The molecule has 2 N–H and O–H groups in total. The van der Waals surface area contributed by atoms with E-state index in [9.17, 15) is 9.79 Å². The molecule has 1 aliphatic carbocycles. The van der Waals surface area contributed by atoms with Crippen molar-refractivity contribution in [1.29, 1.82) is 0 Å². The Kier molecular flexibility index (Phi) is 10.3. The van der Waals surface area contributed by atoms with E-state index in [0.29, 0.717) is 0 Å². The van der Waals surface area contributed by atoms with Crippen LogP contribution >= 0.6 is 8.60 Å². The largest absolute Gasteiger partial charge is 0.328 e. The summed E-state index contributed by atoms with van der Waals surface area (Å²) in [6.45, 7) is 32.0. The predicted molar refractivity (Wildman–Crippen MR) is 182 cm³/mol. The fraction of sp³-hybridized carbons (Fsp3) is 0.684. The highest BCUT2D eigenvalue weighted by atomic mass is 31.2. The number of fused-ring (bicyclic) bond motifs is 2. The first-order chi connectivity index (χ1) is 19.1. The fourth-order valence-electron chi connectivity index (χ4n) is 6.76. The molecule has 0 aliphatic heterocycles. The monoisotopic (exact) mass is 596 g/mol. The van der Waals surface area contributed by atoms with Crippen LogP contribution in [-0.2, 0) is 31.8 Å². The molecule has 3 nitrogen and oxygen atoms in total. The van der Waals surface area contributed by atoms with Crippen molar-refractivity contribution in [3.8, 4) is 0 Å². The molecule has 0 atom stereocenters. The maximum absolute atomic E-state index is 10.8. The normalized spacial score (nSPS) is 19.7. The van der Waals surface area contributed by atoms with Crippen LogP contribution in [0.5, 0.6) is 0 Å². The highest BCUT2D eigenvalue weighted by Gasteiger charge is 2.51. The Morgan fingerprint density at radius 3 is 1.38 bits per heavy atom. The van der Waals surface area contributed by atoms with Gasteiger partial charge in [0.05, 0.1) is 0 Å². The highest BCUT2D eigenvalue weighted by Crippen LogP contribution is 2.59. The third-order valence-electron chi connectivity index (χ3n) is 9.30. The summed E-state index contributed by atoms with van der Waals surface area (Å²) in [5.41, 5.74) is 8.70. The average molecular weight is 597 g/mol. The van der Waals surface area contributed by atoms with Crippen LogP contribution in [0.25, 0.3) is 0 Å². The summed E-state index contributed by atoms with van der Waals surface area (Å²) in [5, 5.41) is 0. The van der Waals surface area contributed by atoms with Gasteiger partial charge in [-0.25, -0.2) is 0 Å². The minimum atomic E-state index is -2.62. The molecule has 236 valence electrons. The molecule has 0 bridgehead atoms. The minimum Gasteiger partial charge on any atom is -0.328 e. The molecule has 0 unspecified atom stereocenters. The van der Waals surface area contributed by atoms with E-state index in [2.05, 4.69) is 121 Å². The summed E-state index contributed by atoms with van der Waals surface area (Å²) in [4.78, 5) is 21.6. The summed E-state index contributed by atoms with van der Waals surface area (Å²) in [6, 6.07) is 9.60. The van der Waals surface area contributed by atoms with Crippen molar-refractivity contribution in [2.45, 2.75) is 169 Å². The van der Waals surface area contributed by atoms with Gasteiger partial charge in [-0.3, -0.25) is 4.52 Å². The lowest BCUT2D eigenvalue weighted by Gasteiger charge is -2.49. The van der Waals surface area contributed by atoms with Crippen molar-refractivity contribution in [2.24, 2.45) is 0 Å². The van der Waals surface area contributed by atoms with Crippen molar-refractivity contribution >= 4 is 8.60 Å². The van der Waals surface area contributed by atoms with Crippen LogP contribution in [-0.4, -0.2) is 9.79 Å². The second-order valence-electron chi connectivity index (χ2n) is 17.0. The number of benzene rings is 2. The number of hydrogen-bond acceptors (Lipinski definition) is 3. The van der Waals surface area contributed by atoms with Crippen LogP contribution in [0.1, 0.15) is 186 Å². The van der Waals surface area contributed by atoms with Crippen LogP contribution in [0.2, 0.25) is 0 Å². The molecule has 0 aromatic heterocycles. The van der Waals surface area contributed by atoms with Crippen LogP contribution in [0.15, 0.2) is 24.3 Å². The molecule has 4 heteroatoms. The molecule has 0 amide bonds. The van der Waals surface area contributed by atoms with E-state index in [-0.39, 0.29) is 27.6 Å². The van der Waals surface area contributed by atoms with Gasteiger partial charge >= 0.3 is 8.60 Å². The first-order valence-corrected chi connectivity index (χ1v) is 17.5. The number of rotatable bonds is 8. The van der Waals surface area contributed by atoms with Gasteiger partial charge in [0.25, 0.3) is 0 Å². The summed E-state index contributed by atoms with van der Waals surface area (Å²) in [6.07, 6.45) is 6.38. The second-order valence-corrected chi connectivity index (χ2v) is 17.7. The molecule has 3 rings (SSSR count). The first kappa shape index (κ1) is 35.2. The van der Waals surface area contributed by atoms with Gasteiger partial charge in [-0.05, 0) is 79.0 Å². The van der Waals surface area contributed by atoms with Crippen molar-refractivity contribution in [3.05, 3.63) is 68.8 Å². The summed E-state index contributed by atoms with van der Waals surface area (Å²) in [5.74, 6) is 0.141. The lowest BCUT2D eigenvalue weighted by Crippen LogP contribution is -2.42. The van der Waals surface area contributed by atoms with Gasteiger partial charge in [-0.2, -0.15) is 0 Å². The summed E-state index contributed by atoms with van der Waals surface area (Å²) < 4.78 is 6.69. The van der Waals surface area contributed by atoms with E-state index < -0.39 is 14.2 Å². The van der Waals surface area contributed by atoms with Crippen molar-refractivity contribution in [2.75, 3.05) is 0 Å². The van der Waals surface area contributed by atoms with Crippen LogP contribution in [0.3, 0.4) is 0 Å². The molecule has 0 heterocycles. The predicted octanol–water partition coefficient (Wildman–Crippen LogP) is 11.2. The highest BCUT2D eigenvalue weighted by molar-refractivity contribution is 7.39. The third-order valence-corrected chi connectivity index (χ3v) is 9.77. The minimum absolute atomic E-state index is 0.0247. The van der Waals surface area contributed by atoms with Crippen LogP contribution < -0.4 is 0 Å². The Bertz CT molecular complexity index is 1160. The summed E-state index contributed by atoms with van der Waals surface area (Å²) >= 11 is 0. The van der Waals surface area contributed by atoms with Gasteiger partial charge in [-0.15, -0.1) is 0 Å². The SMILES string of the molecule is CCCCCCCC1(OP(O)O)c2c(cc(C(C)(C)C)cc2C(C)(C)C)C(C)c2cc(C(C)(C)C)cc(C(C)(C)C)c21. The molecule has 0 spiro atoms. The lowest BCUT2D eigenvalue weighted by molar-refractivity contribution is 0.0707. The molecule has 0 saturated heterocycles. The molecule has 0 saturated carbocycles. The molecule has 2 aromatic rings. The van der Waals surface area contributed by atoms with Gasteiger partial charge in [-0.1, -0.05) is 147 Å². The fourth-order valence-corrected chi connectivity index (χ4v) is 7.31. The molecular weight excluding hydrogens is 535 g/mol. The maximum Gasteiger partial charge on any atom is 0.328 e. The first-order valence-electron chi connectivity index (χ1n) is 16.3. The molecule has 1 aliphatic rings. The van der Waals surface area contributed by atoms with E-state index in [4.69, 9.17) is 4.52 Å². The van der Waals surface area contributed by atoms with E-state index in [0.717, 1.165) is 19.3 Å². The quantitative estimate of drug-likeness (QED) is 0.235. The van der Waals surface area contributed by atoms with Crippen molar-refractivity contribution in [3.63, 3.8) is 0 Å². The average Bonchev–Trinajstić information content (AvgIpc) is 2.83. The van der Waals surface area contributed by atoms with E-state index in [1.165, 1.54) is 63.8 Å². The number of hydrogen-bond donors (Lipinski definition) is 2. The van der Waals surface area contributed by atoms with Gasteiger partial charge < -0.3 is 9.79 Å². The zero-order chi connectivity index (χ0) is 32.1. The zero-order valence-electron chi connectivity index (χ0n) is 29.4. The van der Waals surface area contributed by atoms with Crippen molar-refractivity contribution in [1.82, 2.24) is 0 Å². The molecule has 2 aromatic carbocycles. The van der Waals surface area contributed by atoms with Crippen LogP contribution in [0.4, 0.5) is 0 Å². The van der Waals surface area contributed by atoms with Crippen molar-refractivity contribution < 1.29 is 14.3 Å². The van der Waals surface area contributed by atoms with Gasteiger partial charge in [0.1, 0.15) is 5.60 Å². The zero-order valence-corrected chi connectivity index (χ0v) is 30.3. The van der Waals surface area contributed by atoms with Gasteiger partial charge in [0.2, 0.25) is 0 Å². The standard InChI is InChI=1S/C38H61O3P/c1-15-16-17-18-19-20-38(41-42(39)40)32-28(21-26(34(3,4)5)23-30(32)36(9,10)11)25(2)29-22-27(35(6,7)8)24-31(33(29)38)37(12,13)14/h21-25,39-40H,15-20H2,1-14H3. The Labute approximate surface area is 259 Å². The Morgan fingerprint density at radius 1 is 0.643 bits per heavy atom. The second kappa shape index (κ2) is 12.3. The van der Waals surface area contributed by atoms with E-state index >= 15 is 0 Å². The Hall–Kier alpha value is -1.25. The lowest BCUT2D eigenvalue weighted by atomic mass is 9.60. The number of unbranched alkanes of at least 4 members (excludes halogenated alkanes) is 4. The molecule has 42 heavy (non-hydrogen) atoms. The van der Waals surface area contributed by atoms with Gasteiger partial charge in [0.15, 0.2) is 0 Å². The van der Waals surface area contributed by atoms with Gasteiger partial charge in [0, 0.05) is 5.92 Å². The van der Waals surface area contributed by atoms with E-state index in [1.807, 2.05) is 0 Å². The Balaban J connectivity index is 2.60. The summed E-state index contributed by atoms with van der Waals surface area (Å²) in [7, 11) is -2.62. The topological polar surface area (TPSA) is 49.7 Å².